The van der Waals surface area contributed by atoms with Gasteiger partial charge in [0.15, 0.2) is 5.82 Å². The molecule has 21 heavy (non-hydrogen) atoms. The van der Waals surface area contributed by atoms with Gasteiger partial charge in [-0.15, -0.1) is 0 Å². The van der Waals surface area contributed by atoms with E-state index >= 15 is 0 Å². The van der Waals surface area contributed by atoms with Gasteiger partial charge in [0.1, 0.15) is 4.99 Å². The van der Waals surface area contributed by atoms with Gasteiger partial charge in [0, 0.05) is 5.56 Å². The lowest BCUT2D eigenvalue weighted by Gasteiger charge is -2.07. The molecule has 108 valence electrons. The van der Waals surface area contributed by atoms with Gasteiger partial charge < -0.3 is 11.1 Å². The first-order valence-corrected chi connectivity index (χ1v) is 6.88. The second-order valence-electron chi connectivity index (χ2n) is 4.39. The fourth-order valence-corrected chi connectivity index (χ4v) is 2.08. The van der Waals surface area contributed by atoms with E-state index in [4.69, 9.17) is 29.6 Å². The fraction of sp³-hybridized carbons (Fsp3) is 0.0667. The monoisotopic (exact) mass is 322 g/mol. The third kappa shape index (κ3) is 4.00. The van der Waals surface area contributed by atoms with E-state index in [1.807, 2.05) is 0 Å². The number of hydrogen-bond donors (Lipinski definition) is 2. The van der Waals surface area contributed by atoms with Crippen LogP contribution in [0.5, 0.6) is 0 Å². The van der Waals surface area contributed by atoms with Gasteiger partial charge in [0.05, 0.1) is 17.1 Å². The summed E-state index contributed by atoms with van der Waals surface area (Å²) < 4.78 is 13.7. The van der Waals surface area contributed by atoms with E-state index in [-0.39, 0.29) is 23.0 Å². The molecule has 2 aromatic carbocycles. The summed E-state index contributed by atoms with van der Waals surface area (Å²) in [7, 11) is 0. The number of nitrogens with two attached hydrogens (primary N) is 1. The van der Waals surface area contributed by atoms with E-state index < -0.39 is 5.82 Å². The molecule has 0 atom stereocenters. The maximum atomic E-state index is 13.7. The molecule has 0 aliphatic carbocycles. The smallest absolute Gasteiger partial charge is 0.228 e. The molecule has 0 heterocycles. The Balaban J connectivity index is 2.04. The Labute approximate surface area is 131 Å². The van der Waals surface area contributed by atoms with Gasteiger partial charge in [-0.3, -0.25) is 4.79 Å². The molecule has 2 rings (SSSR count). The number of anilines is 1. The van der Waals surface area contributed by atoms with Gasteiger partial charge in [-0.25, -0.2) is 4.39 Å². The van der Waals surface area contributed by atoms with Crippen LogP contribution in [0.2, 0.25) is 5.02 Å². The molecular weight excluding hydrogens is 311 g/mol. The predicted molar refractivity (Wildman–Crippen MR) is 86.1 cm³/mol. The Morgan fingerprint density at radius 1 is 1.24 bits per heavy atom. The molecule has 0 saturated heterocycles. The van der Waals surface area contributed by atoms with Gasteiger partial charge >= 0.3 is 0 Å². The molecule has 0 radical (unpaired) electrons. The zero-order valence-corrected chi connectivity index (χ0v) is 12.5. The van der Waals surface area contributed by atoms with Crippen molar-refractivity contribution in [2.75, 3.05) is 5.32 Å². The maximum Gasteiger partial charge on any atom is 0.228 e. The summed E-state index contributed by atoms with van der Waals surface area (Å²) in [6.45, 7) is 0. The van der Waals surface area contributed by atoms with Crippen molar-refractivity contribution < 1.29 is 9.18 Å². The van der Waals surface area contributed by atoms with E-state index in [1.54, 1.807) is 30.3 Å². The predicted octanol–water partition coefficient (Wildman–Crippen LogP) is 3.29. The zero-order valence-electron chi connectivity index (χ0n) is 10.9. The second-order valence-corrected chi connectivity index (χ2v) is 5.23. The van der Waals surface area contributed by atoms with Crippen LogP contribution in [0.4, 0.5) is 10.1 Å². The number of thiocarbonyl (C=S) groups is 1. The highest BCUT2D eigenvalue weighted by molar-refractivity contribution is 7.80. The number of rotatable bonds is 4. The molecule has 0 aliphatic heterocycles. The van der Waals surface area contributed by atoms with E-state index in [1.165, 1.54) is 12.1 Å². The van der Waals surface area contributed by atoms with Crippen LogP contribution < -0.4 is 11.1 Å². The third-order valence-electron chi connectivity index (χ3n) is 2.83. The standard InChI is InChI=1S/C15H12ClFN2OS/c16-11-2-1-3-12(14(11)17)19-13(20)8-9-4-6-10(7-5-9)15(18)21/h1-7H,8H2,(H2,18,21)(H,19,20). The molecule has 0 fully saturated rings. The van der Waals surface area contributed by atoms with Crippen molar-refractivity contribution in [3.63, 3.8) is 0 Å². The normalized spacial score (nSPS) is 10.2. The van der Waals surface area contributed by atoms with Crippen molar-refractivity contribution in [3.05, 3.63) is 64.4 Å². The van der Waals surface area contributed by atoms with Crippen LogP contribution in [0.3, 0.4) is 0 Å². The van der Waals surface area contributed by atoms with Crippen molar-refractivity contribution in [1.29, 1.82) is 0 Å². The van der Waals surface area contributed by atoms with Crippen LogP contribution >= 0.6 is 23.8 Å². The SMILES string of the molecule is NC(=S)c1ccc(CC(=O)Nc2cccc(Cl)c2F)cc1. The molecule has 0 unspecified atom stereocenters. The Morgan fingerprint density at radius 2 is 1.90 bits per heavy atom. The maximum absolute atomic E-state index is 13.7. The van der Waals surface area contributed by atoms with Gasteiger partial charge in [-0.1, -0.05) is 54.2 Å². The summed E-state index contributed by atoms with van der Waals surface area (Å²) in [4.78, 5) is 12.2. The van der Waals surface area contributed by atoms with Gasteiger partial charge in [-0.2, -0.15) is 0 Å². The van der Waals surface area contributed by atoms with Crippen molar-refractivity contribution >= 4 is 40.4 Å². The lowest BCUT2D eigenvalue weighted by atomic mass is 10.1. The first-order chi connectivity index (χ1) is 9.97. The first kappa shape index (κ1) is 15.4. The minimum atomic E-state index is -0.642. The highest BCUT2D eigenvalue weighted by atomic mass is 35.5. The number of halogens is 2. The van der Waals surface area contributed by atoms with Crippen molar-refractivity contribution in [2.24, 2.45) is 5.73 Å². The Hall–Kier alpha value is -1.98. The minimum Gasteiger partial charge on any atom is -0.389 e. The van der Waals surface area contributed by atoms with Crippen LogP contribution in [0, 0.1) is 5.82 Å². The average molecular weight is 323 g/mol. The number of hydrogen-bond acceptors (Lipinski definition) is 2. The van der Waals surface area contributed by atoms with Crippen LogP contribution in [0.25, 0.3) is 0 Å². The van der Waals surface area contributed by atoms with Crippen LogP contribution in [0.15, 0.2) is 42.5 Å². The summed E-state index contributed by atoms with van der Waals surface area (Å²) in [6, 6.07) is 11.4. The summed E-state index contributed by atoms with van der Waals surface area (Å²) in [5, 5.41) is 2.45. The Morgan fingerprint density at radius 3 is 2.52 bits per heavy atom. The lowest BCUT2D eigenvalue weighted by Crippen LogP contribution is -2.15. The summed E-state index contributed by atoms with van der Waals surface area (Å²) >= 11 is 10.5. The third-order valence-corrected chi connectivity index (χ3v) is 3.36. The highest BCUT2D eigenvalue weighted by Crippen LogP contribution is 2.22. The summed E-state index contributed by atoms with van der Waals surface area (Å²) in [5.74, 6) is -0.976. The second kappa shape index (κ2) is 6.65. The van der Waals surface area contributed by atoms with E-state index in [9.17, 15) is 9.18 Å². The summed E-state index contributed by atoms with van der Waals surface area (Å²) in [5.41, 5.74) is 7.06. The van der Waals surface area contributed by atoms with Gasteiger partial charge in [0.2, 0.25) is 5.91 Å². The Bertz CT molecular complexity index is 689. The molecule has 3 nitrogen and oxygen atoms in total. The Kier molecular flexibility index (Phi) is 4.88. The number of carbonyl (C=O) groups excluding carboxylic acids is 1. The van der Waals surface area contributed by atoms with Crippen molar-refractivity contribution in [2.45, 2.75) is 6.42 Å². The van der Waals surface area contributed by atoms with Crippen LogP contribution in [-0.4, -0.2) is 10.9 Å². The molecule has 0 bridgehead atoms. The number of benzene rings is 2. The topological polar surface area (TPSA) is 55.1 Å². The highest BCUT2D eigenvalue weighted by Gasteiger charge is 2.10. The molecule has 6 heteroatoms. The quantitative estimate of drug-likeness (QED) is 0.849. The molecular formula is C15H12ClFN2OS. The van der Waals surface area contributed by atoms with Crippen LogP contribution in [0.1, 0.15) is 11.1 Å². The van der Waals surface area contributed by atoms with Crippen LogP contribution in [-0.2, 0) is 11.2 Å². The fourth-order valence-electron chi connectivity index (χ4n) is 1.77. The molecule has 0 saturated carbocycles. The number of carbonyl (C=O) groups is 1. The van der Waals surface area contributed by atoms with E-state index in [0.29, 0.717) is 4.99 Å². The minimum absolute atomic E-state index is 0.0337. The zero-order chi connectivity index (χ0) is 15.4. The van der Waals surface area contributed by atoms with Crippen molar-refractivity contribution in [3.8, 4) is 0 Å². The van der Waals surface area contributed by atoms with Gasteiger partial charge in [-0.05, 0) is 17.7 Å². The molecule has 1 amide bonds. The number of amides is 1. The molecule has 0 aliphatic rings. The largest absolute Gasteiger partial charge is 0.389 e. The molecule has 3 N–H and O–H groups in total. The van der Waals surface area contributed by atoms with Gasteiger partial charge in [0.25, 0.3) is 0 Å². The average Bonchev–Trinajstić information content (AvgIpc) is 2.44. The molecule has 2 aromatic rings. The molecule has 0 spiro atoms. The van der Waals surface area contributed by atoms with E-state index in [0.717, 1.165) is 11.1 Å². The molecule has 0 aromatic heterocycles. The lowest BCUT2D eigenvalue weighted by molar-refractivity contribution is -0.115. The first-order valence-electron chi connectivity index (χ1n) is 6.10. The summed E-state index contributed by atoms with van der Waals surface area (Å²) in [6.07, 6.45) is 0.115. The van der Waals surface area contributed by atoms with E-state index in [2.05, 4.69) is 5.32 Å². The van der Waals surface area contributed by atoms with Crippen molar-refractivity contribution in [1.82, 2.24) is 0 Å². The number of nitrogens with one attached hydrogen (secondary N) is 1.